The fourth-order valence-corrected chi connectivity index (χ4v) is 2.44. The van der Waals surface area contributed by atoms with Crippen molar-refractivity contribution in [1.29, 1.82) is 5.26 Å². The van der Waals surface area contributed by atoms with E-state index in [0.29, 0.717) is 21.8 Å². The molecule has 0 fully saturated rings. The molecule has 1 heterocycles. The molecule has 3 nitrogen and oxygen atoms in total. The lowest BCUT2D eigenvalue weighted by molar-refractivity contribution is 0.288. The number of hydrogen-bond acceptors (Lipinski definition) is 3. The van der Waals surface area contributed by atoms with Gasteiger partial charge in [0.05, 0.1) is 22.3 Å². The molecule has 25 heavy (non-hydrogen) atoms. The van der Waals surface area contributed by atoms with Gasteiger partial charge in [0.25, 0.3) is 0 Å². The largest absolute Gasteiger partial charge is 0.473 e. The molecule has 124 valence electrons. The van der Waals surface area contributed by atoms with Gasteiger partial charge in [-0.3, -0.25) is 0 Å². The van der Waals surface area contributed by atoms with E-state index < -0.39 is 11.6 Å². The first-order valence-corrected chi connectivity index (χ1v) is 7.68. The van der Waals surface area contributed by atoms with E-state index in [9.17, 15) is 8.78 Å². The van der Waals surface area contributed by atoms with Gasteiger partial charge in [0.15, 0.2) is 0 Å². The maximum atomic E-state index is 13.9. The summed E-state index contributed by atoms with van der Waals surface area (Å²) in [5, 5.41) is 9.10. The summed E-state index contributed by atoms with van der Waals surface area (Å²) in [5.74, 6) is -0.702. The molecule has 0 atom stereocenters. The molecule has 0 aliphatic heterocycles. The summed E-state index contributed by atoms with van der Waals surface area (Å²) in [6.07, 6.45) is 0. The third-order valence-electron chi connectivity index (χ3n) is 3.48. The first kappa shape index (κ1) is 16.9. The Morgan fingerprint density at radius 1 is 1.08 bits per heavy atom. The Morgan fingerprint density at radius 3 is 2.64 bits per heavy atom. The van der Waals surface area contributed by atoms with Gasteiger partial charge in [-0.2, -0.15) is 5.26 Å². The van der Waals surface area contributed by atoms with E-state index in [1.165, 1.54) is 24.3 Å². The fraction of sp³-hybridized carbons (Fsp3) is 0.0526. The van der Waals surface area contributed by atoms with Crippen LogP contribution in [0.5, 0.6) is 5.88 Å². The lowest BCUT2D eigenvalue weighted by Crippen LogP contribution is -2.01. The van der Waals surface area contributed by atoms with Gasteiger partial charge in [0.2, 0.25) is 5.88 Å². The van der Waals surface area contributed by atoms with Crippen molar-refractivity contribution in [2.75, 3.05) is 0 Å². The quantitative estimate of drug-likeness (QED) is 0.651. The zero-order valence-electron chi connectivity index (χ0n) is 12.8. The minimum absolute atomic E-state index is 0.0607. The molecule has 0 aliphatic carbocycles. The molecular weight excluding hydrogens is 346 g/mol. The normalized spacial score (nSPS) is 10.3. The van der Waals surface area contributed by atoms with E-state index in [0.717, 1.165) is 6.07 Å². The third kappa shape index (κ3) is 3.93. The van der Waals surface area contributed by atoms with Crippen molar-refractivity contribution < 1.29 is 13.5 Å². The van der Waals surface area contributed by atoms with Crippen LogP contribution >= 0.6 is 11.6 Å². The molecule has 0 saturated heterocycles. The van der Waals surface area contributed by atoms with Gasteiger partial charge >= 0.3 is 0 Å². The van der Waals surface area contributed by atoms with Crippen molar-refractivity contribution in [3.63, 3.8) is 0 Å². The first-order chi connectivity index (χ1) is 12.1. The molecule has 0 spiro atoms. The van der Waals surface area contributed by atoms with Crippen LogP contribution in [0.2, 0.25) is 5.02 Å². The van der Waals surface area contributed by atoms with Gasteiger partial charge in [0.1, 0.15) is 18.2 Å². The molecule has 6 heteroatoms. The number of rotatable bonds is 4. The zero-order chi connectivity index (χ0) is 17.8. The highest BCUT2D eigenvalue weighted by Crippen LogP contribution is 2.28. The van der Waals surface area contributed by atoms with Crippen molar-refractivity contribution >= 4 is 11.6 Å². The molecule has 3 rings (SSSR count). The van der Waals surface area contributed by atoms with Crippen molar-refractivity contribution in [2.45, 2.75) is 6.61 Å². The zero-order valence-corrected chi connectivity index (χ0v) is 13.6. The number of benzene rings is 2. The summed E-state index contributed by atoms with van der Waals surface area (Å²) < 4.78 is 32.8. The van der Waals surface area contributed by atoms with E-state index >= 15 is 0 Å². The molecule has 1 aromatic heterocycles. The lowest BCUT2D eigenvalue weighted by atomic mass is 10.1. The Morgan fingerprint density at radius 2 is 1.92 bits per heavy atom. The first-order valence-electron chi connectivity index (χ1n) is 7.30. The maximum Gasteiger partial charge on any atom is 0.214 e. The average Bonchev–Trinajstić information content (AvgIpc) is 2.61. The van der Waals surface area contributed by atoms with Crippen LogP contribution in [0.15, 0.2) is 54.6 Å². The predicted molar refractivity (Wildman–Crippen MR) is 90.1 cm³/mol. The Hall–Kier alpha value is -2.97. The highest BCUT2D eigenvalue weighted by molar-refractivity contribution is 6.33. The Balaban J connectivity index is 1.82. The average molecular weight is 357 g/mol. The molecule has 2 aromatic carbocycles. The summed E-state index contributed by atoms with van der Waals surface area (Å²) in [7, 11) is 0. The van der Waals surface area contributed by atoms with Crippen LogP contribution in [-0.4, -0.2) is 4.98 Å². The van der Waals surface area contributed by atoms with E-state index in [1.54, 1.807) is 24.3 Å². The Kier molecular flexibility index (Phi) is 4.92. The van der Waals surface area contributed by atoms with Crippen molar-refractivity contribution in [3.8, 4) is 23.2 Å². The SMILES string of the molecule is N#Cc1ccc(COc2ccc(Cl)c(-c3cccc(F)c3)n2)c(F)c1. The van der Waals surface area contributed by atoms with Gasteiger partial charge in [-0.25, -0.2) is 13.8 Å². The second-order valence-corrected chi connectivity index (χ2v) is 5.60. The number of pyridine rings is 1. The Labute approximate surface area is 148 Å². The van der Waals surface area contributed by atoms with Gasteiger partial charge in [-0.15, -0.1) is 0 Å². The lowest BCUT2D eigenvalue weighted by Gasteiger charge is -2.09. The summed E-state index contributed by atoms with van der Waals surface area (Å²) in [6.45, 7) is -0.0607. The van der Waals surface area contributed by atoms with Crippen LogP contribution in [0.25, 0.3) is 11.3 Å². The molecule has 0 unspecified atom stereocenters. The monoisotopic (exact) mass is 356 g/mol. The summed E-state index contributed by atoms with van der Waals surface area (Å²) in [5.41, 5.74) is 1.42. The number of aromatic nitrogens is 1. The maximum absolute atomic E-state index is 13.9. The van der Waals surface area contributed by atoms with Gasteiger partial charge in [-0.05, 0) is 30.3 Å². The highest BCUT2D eigenvalue weighted by atomic mass is 35.5. The van der Waals surface area contributed by atoms with Crippen LogP contribution in [0.4, 0.5) is 8.78 Å². The minimum Gasteiger partial charge on any atom is -0.473 e. The van der Waals surface area contributed by atoms with Crippen molar-refractivity contribution in [1.82, 2.24) is 4.98 Å². The molecule has 0 bridgehead atoms. The van der Waals surface area contributed by atoms with E-state index in [2.05, 4.69) is 4.98 Å². The molecule has 0 radical (unpaired) electrons. The Bertz CT molecular complexity index is 970. The molecule has 0 aliphatic rings. The number of nitrogens with zero attached hydrogens (tertiary/aromatic N) is 2. The predicted octanol–water partition coefficient (Wildman–Crippen LogP) is 5.13. The van der Waals surface area contributed by atoms with Crippen LogP contribution in [0, 0.1) is 23.0 Å². The van der Waals surface area contributed by atoms with Crippen LogP contribution in [0.1, 0.15) is 11.1 Å². The molecule has 3 aromatic rings. The number of nitriles is 1. The van der Waals surface area contributed by atoms with Crippen LogP contribution < -0.4 is 4.74 Å². The summed E-state index contributed by atoms with van der Waals surface area (Å²) in [4.78, 5) is 4.27. The smallest absolute Gasteiger partial charge is 0.214 e. The molecule has 0 saturated carbocycles. The van der Waals surface area contributed by atoms with Crippen molar-refractivity contribution in [2.24, 2.45) is 0 Å². The van der Waals surface area contributed by atoms with E-state index in [-0.39, 0.29) is 18.1 Å². The number of hydrogen-bond donors (Lipinski definition) is 0. The molecule has 0 N–H and O–H groups in total. The van der Waals surface area contributed by atoms with E-state index in [1.807, 2.05) is 6.07 Å². The second-order valence-electron chi connectivity index (χ2n) is 5.20. The van der Waals surface area contributed by atoms with Gasteiger partial charge < -0.3 is 4.74 Å². The second kappa shape index (κ2) is 7.29. The standard InChI is InChI=1S/C19H11ClF2N2O/c20-16-6-7-18(24-19(16)13-2-1-3-15(21)9-13)25-11-14-5-4-12(10-23)8-17(14)22/h1-9H,11H2. The molecule has 0 amide bonds. The van der Waals surface area contributed by atoms with Gasteiger partial charge in [-0.1, -0.05) is 29.8 Å². The number of ether oxygens (including phenoxy) is 1. The molecular formula is C19H11ClF2N2O. The number of halogens is 3. The van der Waals surface area contributed by atoms with Crippen LogP contribution in [0.3, 0.4) is 0 Å². The van der Waals surface area contributed by atoms with Crippen molar-refractivity contribution in [3.05, 3.63) is 82.4 Å². The minimum atomic E-state index is -0.529. The van der Waals surface area contributed by atoms with Gasteiger partial charge in [0, 0.05) is 17.2 Å². The topological polar surface area (TPSA) is 45.9 Å². The fourth-order valence-electron chi connectivity index (χ4n) is 2.23. The summed E-state index contributed by atoms with van der Waals surface area (Å²) in [6, 6.07) is 15.0. The third-order valence-corrected chi connectivity index (χ3v) is 3.78. The van der Waals surface area contributed by atoms with Crippen LogP contribution in [-0.2, 0) is 6.61 Å². The highest BCUT2D eigenvalue weighted by Gasteiger charge is 2.10. The van der Waals surface area contributed by atoms with E-state index in [4.69, 9.17) is 21.6 Å². The summed E-state index contributed by atoms with van der Waals surface area (Å²) >= 11 is 6.13.